The third-order valence-electron chi connectivity index (χ3n) is 2.32. The van der Waals surface area contributed by atoms with E-state index in [4.69, 9.17) is 21.5 Å². The number of methoxy groups -OCH3 is 1. The molecule has 0 bridgehead atoms. The Labute approximate surface area is 119 Å². The van der Waals surface area contributed by atoms with Crippen molar-refractivity contribution in [3.63, 3.8) is 0 Å². The van der Waals surface area contributed by atoms with Crippen LogP contribution in [0.4, 0.5) is 5.69 Å². The fourth-order valence-corrected chi connectivity index (χ4v) is 1.32. The minimum absolute atomic E-state index is 0.00995. The van der Waals surface area contributed by atoms with Crippen LogP contribution >= 0.6 is 0 Å². The van der Waals surface area contributed by atoms with Crippen LogP contribution in [0.3, 0.4) is 0 Å². The third-order valence-corrected chi connectivity index (χ3v) is 2.32. The number of aromatic carboxylic acids is 1. The zero-order chi connectivity index (χ0) is 16.0. The number of nitriles is 1. The summed E-state index contributed by atoms with van der Waals surface area (Å²) in [6, 6.07) is 5.19. The van der Waals surface area contributed by atoms with Crippen LogP contribution in [0, 0.1) is 16.7 Å². The Bertz CT molecular complexity index is 675. The first kappa shape index (κ1) is 15.6. The molecule has 0 aromatic heterocycles. The van der Waals surface area contributed by atoms with Gasteiger partial charge in [-0.2, -0.15) is 10.4 Å². The Morgan fingerprint density at radius 1 is 1.52 bits per heavy atom. The monoisotopic (exact) mass is 289 g/mol. The lowest BCUT2D eigenvalue weighted by atomic mass is 10.1. The Kier molecular flexibility index (Phi) is 4.97. The van der Waals surface area contributed by atoms with Gasteiger partial charge in [0.1, 0.15) is 6.07 Å². The van der Waals surface area contributed by atoms with E-state index in [-0.39, 0.29) is 16.8 Å². The molecule has 0 saturated carbocycles. The van der Waals surface area contributed by atoms with Crippen molar-refractivity contribution in [2.24, 2.45) is 10.8 Å². The quantitative estimate of drug-likeness (QED) is 0.264. The van der Waals surface area contributed by atoms with Crippen molar-refractivity contribution in [3.05, 3.63) is 29.3 Å². The molecule has 0 saturated heterocycles. The van der Waals surface area contributed by atoms with Crippen LogP contribution in [-0.4, -0.2) is 35.7 Å². The molecule has 0 amide bonds. The van der Waals surface area contributed by atoms with Gasteiger partial charge in [0.2, 0.25) is 5.71 Å². The van der Waals surface area contributed by atoms with Gasteiger partial charge < -0.3 is 15.6 Å². The molecule has 0 aliphatic rings. The molecule has 1 aromatic carbocycles. The van der Waals surface area contributed by atoms with E-state index in [0.29, 0.717) is 0 Å². The normalized spacial score (nSPS) is 10.4. The molecular formula is C12H11N5O4. The van der Waals surface area contributed by atoms with E-state index in [1.54, 1.807) is 6.07 Å². The fourth-order valence-electron chi connectivity index (χ4n) is 1.32. The number of esters is 1. The topological polar surface area (TPSA) is 162 Å². The van der Waals surface area contributed by atoms with Crippen LogP contribution in [0.1, 0.15) is 20.7 Å². The lowest BCUT2D eigenvalue weighted by Crippen LogP contribution is -2.22. The van der Waals surface area contributed by atoms with Crippen LogP contribution in [0.25, 0.3) is 0 Å². The number of amidine groups is 1. The summed E-state index contributed by atoms with van der Waals surface area (Å²) < 4.78 is 4.55. The molecule has 9 heteroatoms. The Morgan fingerprint density at radius 3 is 2.67 bits per heavy atom. The molecule has 9 nitrogen and oxygen atoms in total. The molecule has 0 fully saturated rings. The van der Waals surface area contributed by atoms with Crippen molar-refractivity contribution in [1.82, 2.24) is 0 Å². The van der Waals surface area contributed by atoms with Crippen molar-refractivity contribution in [3.8, 4) is 6.07 Å². The second kappa shape index (κ2) is 6.67. The molecule has 0 heterocycles. The zero-order valence-electron chi connectivity index (χ0n) is 10.9. The molecule has 0 unspecified atom stereocenters. The van der Waals surface area contributed by atoms with Crippen LogP contribution in [0.5, 0.6) is 0 Å². The van der Waals surface area contributed by atoms with E-state index >= 15 is 0 Å². The molecular weight excluding hydrogens is 278 g/mol. The van der Waals surface area contributed by atoms with Crippen LogP contribution < -0.4 is 11.2 Å². The average molecular weight is 289 g/mol. The first-order valence-corrected chi connectivity index (χ1v) is 5.44. The standard InChI is InChI=1S/C12H11N5O4/c1-21-12(20)7-3-2-6(11(18)19)4-8(7)16-17-9(5-13)10(14)15/h2-4,16H,1H3,(H3,14,15)(H,18,19)/b17-9+. The number of rotatable bonds is 5. The summed E-state index contributed by atoms with van der Waals surface area (Å²) in [5, 5.41) is 28.3. The number of hydrogen-bond acceptors (Lipinski definition) is 7. The lowest BCUT2D eigenvalue weighted by Gasteiger charge is -2.08. The van der Waals surface area contributed by atoms with Gasteiger partial charge in [0.05, 0.1) is 23.9 Å². The van der Waals surface area contributed by atoms with Crippen LogP contribution in [0.15, 0.2) is 23.3 Å². The van der Waals surface area contributed by atoms with E-state index in [9.17, 15) is 9.59 Å². The number of carboxylic acids is 1. The number of hydrazone groups is 1. The predicted octanol–water partition coefficient (Wildman–Crippen LogP) is 0.399. The molecule has 0 radical (unpaired) electrons. The van der Waals surface area contributed by atoms with E-state index in [1.165, 1.54) is 12.1 Å². The van der Waals surface area contributed by atoms with E-state index in [0.717, 1.165) is 13.2 Å². The zero-order valence-corrected chi connectivity index (χ0v) is 10.9. The molecule has 21 heavy (non-hydrogen) atoms. The molecule has 5 N–H and O–H groups in total. The van der Waals surface area contributed by atoms with Gasteiger partial charge in [0.15, 0.2) is 5.84 Å². The Balaban J connectivity index is 3.27. The van der Waals surface area contributed by atoms with Crippen molar-refractivity contribution in [2.75, 3.05) is 12.5 Å². The summed E-state index contributed by atoms with van der Waals surface area (Å²) in [7, 11) is 1.16. The highest BCUT2D eigenvalue weighted by atomic mass is 16.5. The molecule has 0 spiro atoms. The second-order valence-electron chi connectivity index (χ2n) is 3.65. The summed E-state index contributed by atoms with van der Waals surface area (Å²) in [6.07, 6.45) is 0. The number of carbonyl (C=O) groups excluding carboxylic acids is 1. The Morgan fingerprint density at radius 2 is 2.19 bits per heavy atom. The van der Waals surface area contributed by atoms with Gasteiger partial charge >= 0.3 is 11.9 Å². The third kappa shape index (κ3) is 3.77. The van der Waals surface area contributed by atoms with E-state index in [2.05, 4.69) is 15.3 Å². The highest BCUT2D eigenvalue weighted by Crippen LogP contribution is 2.19. The molecule has 1 aromatic rings. The maximum Gasteiger partial charge on any atom is 0.340 e. The number of nitrogens with two attached hydrogens (primary N) is 1. The second-order valence-corrected chi connectivity index (χ2v) is 3.65. The lowest BCUT2D eigenvalue weighted by molar-refractivity contribution is 0.0599. The number of nitrogens with one attached hydrogen (secondary N) is 2. The van der Waals surface area contributed by atoms with E-state index < -0.39 is 23.5 Å². The summed E-state index contributed by atoms with van der Waals surface area (Å²) in [6.45, 7) is 0. The molecule has 0 aliphatic carbocycles. The average Bonchev–Trinajstić information content (AvgIpc) is 2.46. The number of nitrogens with zero attached hydrogens (tertiary/aromatic N) is 2. The molecule has 0 aliphatic heterocycles. The van der Waals surface area contributed by atoms with Gasteiger partial charge in [-0.15, -0.1) is 0 Å². The maximum atomic E-state index is 11.6. The fraction of sp³-hybridized carbons (Fsp3) is 0.0833. The Hall–Kier alpha value is -3.41. The number of anilines is 1. The summed E-state index contributed by atoms with van der Waals surface area (Å²) in [5.41, 5.74) is 6.98. The van der Waals surface area contributed by atoms with Crippen LogP contribution in [0.2, 0.25) is 0 Å². The van der Waals surface area contributed by atoms with Crippen molar-refractivity contribution < 1.29 is 19.4 Å². The molecule has 108 valence electrons. The number of carboxylic acid groups (broad SMARTS) is 1. The summed E-state index contributed by atoms with van der Waals surface area (Å²) in [4.78, 5) is 22.5. The first-order chi connectivity index (χ1) is 9.90. The number of carbonyl (C=O) groups is 2. The van der Waals surface area contributed by atoms with Crippen molar-refractivity contribution in [1.29, 1.82) is 10.7 Å². The van der Waals surface area contributed by atoms with E-state index in [1.807, 2.05) is 0 Å². The van der Waals surface area contributed by atoms with Gasteiger partial charge in [-0.25, -0.2) is 9.59 Å². The minimum Gasteiger partial charge on any atom is -0.478 e. The number of benzene rings is 1. The highest BCUT2D eigenvalue weighted by molar-refractivity contribution is 6.45. The minimum atomic E-state index is -1.20. The van der Waals surface area contributed by atoms with Crippen molar-refractivity contribution >= 4 is 29.2 Å². The van der Waals surface area contributed by atoms with Crippen LogP contribution in [-0.2, 0) is 4.74 Å². The molecule has 1 rings (SSSR count). The number of ether oxygens (including phenoxy) is 1. The summed E-state index contributed by atoms with van der Waals surface area (Å²) >= 11 is 0. The van der Waals surface area contributed by atoms with Gasteiger partial charge in [0.25, 0.3) is 0 Å². The van der Waals surface area contributed by atoms with Crippen molar-refractivity contribution in [2.45, 2.75) is 0 Å². The number of hydrogen-bond donors (Lipinski definition) is 4. The van der Waals surface area contributed by atoms with Gasteiger partial charge in [-0.3, -0.25) is 10.8 Å². The van der Waals surface area contributed by atoms with Gasteiger partial charge in [0, 0.05) is 0 Å². The smallest absolute Gasteiger partial charge is 0.340 e. The largest absolute Gasteiger partial charge is 0.478 e. The highest BCUT2D eigenvalue weighted by Gasteiger charge is 2.15. The predicted molar refractivity (Wildman–Crippen MR) is 73.3 cm³/mol. The molecule has 0 atom stereocenters. The van der Waals surface area contributed by atoms with Gasteiger partial charge in [-0.1, -0.05) is 0 Å². The maximum absolute atomic E-state index is 11.6. The summed E-state index contributed by atoms with van der Waals surface area (Å²) in [5.74, 6) is -2.49. The van der Waals surface area contributed by atoms with Gasteiger partial charge in [-0.05, 0) is 18.2 Å². The SMILES string of the molecule is COC(=O)c1ccc(C(=O)O)cc1N/N=C(\C#N)C(=N)N. The first-order valence-electron chi connectivity index (χ1n) is 5.44.